The Hall–Kier alpha value is -0.794. The molecule has 0 aliphatic heterocycles. The van der Waals surface area contributed by atoms with Crippen molar-refractivity contribution in [3.8, 4) is 0 Å². The number of rotatable bonds is 2. The van der Waals surface area contributed by atoms with E-state index >= 15 is 0 Å². The molecule has 12 heteroatoms. The largest absolute Gasteiger partial charge is 2.00 e. The van der Waals surface area contributed by atoms with Gasteiger partial charge in [-0.05, 0) is 0 Å². The number of carboxylic acid groups (broad SMARTS) is 3. The zero-order chi connectivity index (χ0) is 19.3. The standard InChI is InChI=1S/C3H8O3.3C2H4O2.C2H6OS.Mg.2H/c4-1-3(6)2-5;3*1-2(3)4;1-4(2)3;;;/h3-6H,1-2H2;3*1H3,(H,3,4);1-2H3;;;/q;;;;;+2;2*-1. The van der Waals surface area contributed by atoms with Crippen LogP contribution < -0.4 is 0 Å². The van der Waals surface area contributed by atoms with E-state index in [1.54, 1.807) is 12.5 Å². The summed E-state index contributed by atoms with van der Waals surface area (Å²) in [4.78, 5) is 27.0. The second-order valence-corrected chi connectivity index (χ2v) is 4.80. The van der Waals surface area contributed by atoms with Crippen LogP contribution >= 0.6 is 0 Å². The molecular formula is C11H28MgO10S. The first-order valence-corrected chi connectivity index (χ1v) is 7.44. The second kappa shape index (κ2) is 33.0. The van der Waals surface area contributed by atoms with Gasteiger partial charge in [0.05, 0.1) is 13.2 Å². The monoisotopic (exact) mass is 376 g/mol. The van der Waals surface area contributed by atoms with Gasteiger partial charge >= 0.3 is 23.1 Å². The average molecular weight is 377 g/mol. The SMILES string of the molecule is CC(=O)O.CC(=O)O.CC(=O)O.CS(C)=O.OCC(O)CO.[H-].[H-].[Mg+2]. The van der Waals surface area contributed by atoms with Crippen LogP contribution in [-0.2, 0) is 25.2 Å². The van der Waals surface area contributed by atoms with E-state index in [0.717, 1.165) is 20.8 Å². The number of aliphatic hydroxyl groups is 3. The predicted molar refractivity (Wildman–Crippen MR) is 88.1 cm³/mol. The van der Waals surface area contributed by atoms with Crippen LogP contribution in [0, 0.1) is 0 Å². The van der Waals surface area contributed by atoms with Crippen LogP contribution in [0.4, 0.5) is 0 Å². The first kappa shape index (κ1) is 38.0. The van der Waals surface area contributed by atoms with Crippen molar-refractivity contribution in [3.63, 3.8) is 0 Å². The van der Waals surface area contributed by atoms with Gasteiger partial charge in [-0.15, -0.1) is 0 Å². The van der Waals surface area contributed by atoms with Gasteiger partial charge in [-0.2, -0.15) is 0 Å². The van der Waals surface area contributed by atoms with E-state index in [1.807, 2.05) is 0 Å². The van der Waals surface area contributed by atoms with Crippen molar-refractivity contribution in [1.82, 2.24) is 0 Å². The van der Waals surface area contributed by atoms with Crippen LogP contribution in [0.15, 0.2) is 0 Å². The molecule has 0 aliphatic carbocycles. The van der Waals surface area contributed by atoms with E-state index in [4.69, 9.17) is 45.0 Å². The third-order valence-electron chi connectivity index (χ3n) is 0.421. The normalized spacial score (nSPS) is 7.39. The fourth-order valence-electron chi connectivity index (χ4n) is 0.0577. The van der Waals surface area contributed by atoms with Gasteiger partial charge in [-0.25, -0.2) is 0 Å². The Labute approximate surface area is 156 Å². The molecule has 140 valence electrons. The Morgan fingerprint density at radius 3 is 0.957 bits per heavy atom. The summed E-state index contributed by atoms with van der Waals surface area (Å²) < 4.78 is 9.56. The molecule has 0 atom stereocenters. The maximum Gasteiger partial charge on any atom is 2.00 e. The summed E-state index contributed by atoms with van der Waals surface area (Å²) >= 11 is 0. The Morgan fingerprint density at radius 1 is 0.870 bits per heavy atom. The molecule has 0 aromatic rings. The number of aliphatic carboxylic acids is 3. The summed E-state index contributed by atoms with van der Waals surface area (Å²) in [6.07, 6.45) is 2.32. The van der Waals surface area contributed by atoms with Crippen molar-refractivity contribution in [2.75, 3.05) is 25.7 Å². The van der Waals surface area contributed by atoms with Crippen LogP contribution in [0.2, 0.25) is 0 Å². The quantitative estimate of drug-likeness (QED) is 0.307. The van der Waals surface area contributed by atoms with Gasteiger partial charge in [0.25, 0.3) is 17.9 Å². The Balaban J connectivity index is -0.0000000236. The summed E-state index contributed by atoms with van der Waals surface area (Å²) in [5.74, 6) is -2.50. The van der Waals surface area contributed by atoms with E-state index in [-0.39, 0.29) is 39.1 Å². The number of carboxylic acids is 3. The molecule has 0 aliphatic rings. The molecule has 6 N–H and O–H groups in total. The van der Waals surface area contributed by atoms with Gasteiger partial charge < -0.3 is 33.5 Å². The number of aliphatic hydroxyl groups excluding tert-OH is 3. The third kappa shape index (κ3) is 761. The van der Waals surface area contributed by atoms with Crippen LogP contribution in [0.25, 0.3) is 0 Å². The van der Waals surface area contributed by atoms with E-state index in [0.29, 0.717) is 0 Å². The van der Waals surface area contributed by atoms with Crippen LogP contribution in [0.1, 0.15) is 23.6 Å². The van der Waals surface area contributed by atoms with Crippen LogP contribution in [0.3, 0.4) is 0 Å². The van der Waals surface area contributed by atoms with E-state index in [1.165, 1.54) is 0 Å². The molecule has 0 rings (SSSR count). The predicted octanol–water partition coefficient (Wildman–Crippen LogP) is -1.56. The molecule has 0 unspecified atom stereocenters. The number of carbonyl (C=O) groups is 3. The second-order valence-electron chi connectivity index (χ2n) is 3.32. The van der Waals surface area contributed by atoms with Gasteiger partial charge in [0.15, 0.2) is 0 Å². The molecule has 0 saturated heterocycles. The molecule has 0 radical (unpaired) electrons. The molecule has 0 bridgehead atoms. The molecule has 23 heavy (non-hydrogen) atoms. The van der Waals surface area contributed by atoms with E-state index in [9.17, 15) is 4.21 Å². The summed E-state index contributed by atoms with van der Waals surface area (Å²) in [6, 6.07) is 0. The molecule has 0 saturated carbocycles. The summed E-state index contributed by atoms with van der Waals surface area (Å²) in [5.41, 5.74) is 0. The molecular weight excluding hydrogens is 348 g/mol. The zero-order valence-corrected chi connectivity index (χ0v) is 16.2. The molecule has 10 nitrogen and oxygen atoms in total. The maximum absolute atomic E-state index is 9.56. The first-order chi connectivity index (χ1) is 9.74. The van der Waals surface area contributed by atoms with Crippen molar-refractivity contribution in [3.05, 3.63) is 0 Å². The maximum atomic E-state index is 9.56. The van der Waals surface area contributed by atoms with Gasteiger partial charge in [-0.1, -0.05) is 0 Å². The smallest absolute Gasteiger partial charge is 1.00 e. The topological polar surface area (TPSA) is 190 Å². The van der Waals surface area contributed by atoms with Gasteiger partial charge in [0.1, 0.15) is 6.10 Å². The molecule has 0 amide bonds. The summed E-state index contributed by atoms with van der Waals surface area (Å²) in [5, 5.41) is 46.3. The fourth-order valence-corrected chi connectivity index (χ4v) is 0.0577. The van der Waals surface area contributed by atoms with Crippen LogP contribution in [-0.4, -0.2) is 108 Å². The zero-order valence-electron chi connectivity index (χ0n) is 15.9. The molecule has 0 fully saturated rings. The van der Waals surface area contributed by atoms with Crippen molar-refractivity contribution >= 4 is 51.8 Å². The van der Waals surface area contributed by atoms with Crippen molar-refractivity contribution in [1.29, 1.82) is 0 Å². The fraction of sp³-hybridized carbons (Fsp3) is 0.727. The Kier molecular flexibility index (Phi) is 54.5. The van der Waals surface area contributed by atoms with Crippen molar-refractivity contribution in [2.45, 2.75) is 26.9 Å². The van der Waals surface area contributed by atoms with E-state index < -0.39 is 34.8 Å². The first-order valence-electron chi connectivity index (χ1n) is 5.47. The Morgan fingerprint density at radius 2 is 0.957 bits per heavy atom. The summed E-state index contributed by atoms with van der Waals surface area (Å²) in [6.45, 7) is 2.52. The minimum Gasteiger partial charge on any atom is -1.00 e. The van der Waals surface area contributed by atoms with Crippen molar-refractivity contribution in [2.24, 2.45) is 0 Å². The van der Waals surface area contributed by atoms with Crippen LogP contribution in [0.5, 0.6) is 0 Å². The van der Waals surface area contributed by atoms with Gasteiger partial charge in [-0.3, -0.25) is 18.6 Å². The molecule has 0 aromatic heterocycles. The molecule has 0 aromatic carbocycles. The third-order valence-corrected chi connectivity index (χ3v) is 0.421. The minimum absolute atomic E-state index is 0. The summed E-state index contributed by atoms with van der Waals surface area (Å²) in [7, 11) is -0.611. The number of hydrogen-bond acceptors (Lipinski definition) is 7. The Bertz CT molecular complexity index is 241. The van der Waals surface area contributed by atoms with Gasteiger partial charge in [0.2, 0.25) is 0 Å². The van der Waals surface area contributed by atoms with E-state index in [2.05, 4.69) is 0 Å². The molecule has 0 spiro atoms. The molecule has 0 heterocycles. The average Bonchev–Trinajstić information content (AvgIpc) is 2.24. The van der Waals surface area contributed by atoms with Crippen molar-refractivity contribution < 1.29 is 52.1 Å². The minimum atomic E-state index is -0.954. The number of hydrogen-bond donors (Lipinski definition) is 6. The van der Waals surface area contributed by atoms with Gasteiger partial charge in [0, 0.05) is 44.1 Å².